The van der Waals surface area contributed by atoms with Gasteiger partial charge in [0.05, 0.1) is 12.3 Å². The highest BCUT2D eigenvalue weighted by Gasteiger charge is 2.33. The highest BCUT2D eigenvalue weighted by molar-refractivity contribution is 7.98. The van der Waals surface area contributed by atoms with Crippen LogP contribution in [0.5, 0.6) is 5.88 Å². The molecule has 0 spiro atoms. The molecule has 9 heteroatoms. The van der Waals surface area contributed by atoms with Crippen molar-refractivity contribution in [2.24, 2.45) is 0 Å². The quantitative estimate of drug-likeness (QED) is 0.507. The van der Waals surface area contributed by atoms with Crippen LogP contribution in [0.15, 0.2) is 29.4 Å². The largest absolute Gasteiger partial charge is 0.474 e. The van der Waals surface area contributed by atoms with Gasteiger partial charge in [0.15, 0.2) is 16.6 Å². The van der Waals surface area contributed by atoms with Gasteiger partial charge in [0.2, 0.25) is 5.88 Å². The number of ether oxygens (including phenoxy) is 3. The van der Waals surface area contributed by atoms with E-state index in [0.29, 0.717) is 40.3 Å². The van der Waals surface area contributed by atoms with E-state index in [-0.39, 0.29) is 6.10 Å². The lowest BCUT2D eigenvalue weighted by Gasteiger charge is -2.17. The van der Waals surface area contributed by atoms with E-state index in [0.717, 1.165) is 11.3 Å². The van der Waals surface area contributed by atoms with Gasteiger partial charge in [0.1, 0.15) is 18.1 Å². The molecule has 0 bridgehead atoms. The molecule has 7 nitrogen and oxygen atoms in total. The normalized spacial score (nSPS) is 18.9. The lowest BCUT2D eigenvalue weighted by Crippen LogP contribution is -2.25. The average molecular weight is 407 g/mol. The Labute approximate surface area is 165 Å². The zero-order valence-electron chi connectivity index (χ0n) is 15.2. The summed E-state index contributed by atoms with van der Waals surface area (Å²) in [6.07, 6.45) is 1.74. The van der Waals surface area contributed by atoms with Gasteiger partial charge in [-0.05, 0) is 26.2 Å². The number of fused-ring (bicyclic) bond motifs is 1. The van der Waals surface area contributed by atoms with Crippen LogP contribution in [0.4, 0.5) is 0 Å². The van der Waals surface area contributed by atoms with E-state index >= 15 is 0 Å². The van der Waals surface area contributed by atoms with Crippen molar-refractivity contribution < 1.29 is 14.2 Å². The van der Waals surface area contributed by atoms with Crippen molar-refractivity contribution >= 4 is 34.4 Å². The molecular formula is C18H19ClN4O3S. The summed E-state index contributed by atoms with van der Waals surface area (Å²) < 4.78 is 17.4. The molecular weight excluding hydrogens is 388 g/mol. The van der Waals surface area contributed by atoms with Gasteiger partial charge >= 0.3 is 0 Å². The smallest absolute Gasteiger partial charge is 0.229 e. The van der Waals surface area contributed by atoms with Crippen molar-refractivity contribution in [3.05, 3.63) is 29.3 Å². The number of rotatable bonds is 5. The number of hydrogen-bond donors (Lipinski definition) is 1. The highest BCUT2D eigenvalue weighted by atomic mass is 35.5. The number of thioether (sulfide) groups is 1. The summed E-state index contributed by atoms with van der Waals surface area (Å²) in [5.74, 6) is -0.154. The van der Waals surface area contributed by atoms with E-state index in [4.69, 9.17) is 25.8 Å². The third-order valence-electron chi connectivity index (χ3n) is 4.16. The fraction of sp³-hybridized carbons (Fsp3) is 0.389. The Morgan fingerprint density at radius 2 is 2.15 bits per heavy atom. The summed E-state index contributed by atoms with van der Waals surface area (Å²) >= 11 is 7.79. The third kappa shape index (κ3) is 3.75. The molecule has 3 heterocycles. The second-order valence-electron chi connectivity index (χ2n) is 6.55. The van der Waals surface area contributed by atoms with Gasteiger partial charge in [0, 0.05) is 10.6 Å². The molecule has 1 aliphatic rings. The summed E-state index contributed by atoms with van der Waals surface area (Å²) in [5, 5.41) is 9.23. The summed E-state index contributed by atoms with van der Waals surface area (Å²) in [6.45, 7) is 4.55. The van der Waals surface area contributed by atoms with Gasteiger partial charge in [-0.3, -0.25) is 5.10 Å². The summed E-state index contributed by atoms with van der Waals surface area (Å²) in [4.78, 5) is 9.00. The van der Waals surface area contributed by atoms with Crippen LogP contribution in [0.1, 0.15) is 13.8 Å². The number of hydrogen-bond acceptors (Lipinski definition) is 7. The molecule has 1 atom stereocenters. The van der Waals surface area contributed by atoms with Crippen LogP contribution in [0.2, 0.25) is 5.02 Å². The molecule has 3 aromatic rings. The Morgan fingerprint density at radius 1 is 1.33 bits per heavy atom. The first kappa shape index (κ1) is 18.5. The van der Waals surface area contributed by atoms with Crippen molar-refractivity contribution in [1.82, 2.24) is 20.2 Å². The molecule has 1 saturated heterocycles. The standard InChI is InChI=1S/C18H19ClN4O3S/c1-18(2)25-9-10(26-18)8-24-16-13-14(11-6-4-5-7-12(11)19)22-23-15(13)20-17(21-16)27-3/h4-7,10H,8-9H2,1-3H3,(H,20,21,22,23). The molecule has 1 aromatic carbocycles. The Balaban J connectivity index is 1.72. The Bertz CT molecular complexity index is 978. The van der Waals surface area contributed by atoms with Crippen molar-refractivity contribution in [2.45, 2.75) is 30.9 Å². The lowest BCUT2D eigenvalue weighted by molar-refractivity contribution is -0.141. The number of aromatic amines is 1. The molecule has 1 fully saturated rings. The Kier molecular flexibility index (Phi) is 4.98. The van der Waals surface area contributed by atoms with Crippen LogP contribution in [-0.2, 0) is 9.47 Å². The lowest BCUT2D eigenvalue weighted by atomic mass is 10.1. The Hall–Kier alpha value is -1.87. The molecule has 27 heavy (non-hydrogen) atoms. The number of nitrogens with zero attached hydrogens (tertiary/aromatic N) is 3. The topological polar surface area (TPSA) is 82.1 Å². The summed E-state index contributed by atoms with van der Waals surface area (Å²) in [6, 6.07) is 7.53. The van der Waals surface area contributed by atoms with Gasteiger partial charge in [0.25, 0.3) is 0 Å². The maximum absolute atomic E-state index is 6.37. The van der Waals surface area contributed by atoms with Crippen molar-refractivity contribution in [3.63, 3.8) is 0 Å². The molecule has 142 valence electrons. The summed E-state index contributed by atoms with van der Waals surface area (Å²) in [5.41, 5.74) is 2.07. The minimum Gasteiger partial charge on any atom is -0.474 e. The molecule has 2 aromatic heterocycles. The van der Waals surface area contributed by atoms with E-state index in [1.807, 2.05) is 44.4 Å². The zero-order chi connectivity index (χ0) is 19.0. The second-order valence-corrected chi connectivity index (χ2v) is 7.73. The molecule has 1 unspecified atom stereocenters. The Morgan fingerprint density at radius 3 is 2.85 bits per heavy atom. The fourth-order valence-corrected chi connectivity index (χ4v) is 3.53. The minimum atomic E-state index is -0.599. The third-order valence-corrected chi connectivity index (χ3v) is 5.04. The van der Waals surface area contributed by atoms with Gasteiger partial charge in [-0.2, -0.15) is 10.1 Å². The van der Waals surface area contributed by atoms with Gasteiger partial charge < -0.3 is 14.2 Å². The maximum atomic E-state index is 6.37. The molecule has 0 aliphatic carbocycles. The van der Waals surface area contributed by atoms with Crippen molar-refractivity contribution in [3.8, 4) is 17.1 Å². The van der Waals surface area contributed by atoms with Gasteiger partial charge in [-0.1, -0.05) is 41.6 Å². The van der Waals surface area contributed by atoms with E-state index in [9.17, 15) is 0 Å². The van der Waals surface area contributed by atoms with E-state index in [1.165, 1.54) is 11.8 Å². The molecule has 4 rings (SSSR count). The monoisotopic (exact) mass is 406 g/mol. The van der Waals surface area contributed by atoms with E-state index in [2.05, 4.69) is 20.2 Å². The van der Waals surface area contributed by atoms with Crippen LogP contribution < -0.4 is 4.74 Å². The fourth-order valence-electron chi connectivity index (χ4n) is 2.95. The second kappa shape index (κ2) is 7.27. The molecule has 1 aliphatic heterocycles. The van der Waals surface area contributed by atoms with Crippen molar-refractivity contribution in [2.75, 3.05) is 19.5 Å². The zero-order valence-corrected chi connectivity index (χ0v) is 16.7. The van der Waals surface area contributed by atoms with E-state index in [1.54, 1.807) is 0 Å². The minimum absolute atomic E-state index is 0.168. The molecule has 0 radical (unpaired) electrons. The van der Waals surface area contributed by atoms with E-state index < -0.39 is 5.79 Å². The highest BCUT2D eigenvalue weighted by Crippen LogP contribution is 2.36. The van der Waals surface area contributed by atoms with Crippen molar-refractivity contribution in [1.29, 1.82) is 0 Å². The van der Waals surface area contributed by atoms with Gasteiger partial charge in [-0.15, -0.1) is 0 Å². The van der Waals surface area contributed by atoms with Crippen LogP contribution >= 0.6 is 23.4 Å². The van der Waals surface area contributed by atoms with Crippen LogP contribution in [0.25, 0.3) is 22.3 Å². The average Bonchev–Trinajstić information content (AvgIpc) is 3.23. The molecule has 0 amide bonds. The first-order valence-electron chi connectivity index (χ1n) is 8.46. The SMILES string of the molecule is CSc1nc(OCC2COC(C)(C)O2)c2c(-c3ccccc3Cl)[nH]nc2n1. The number of halogens is 1. The number of benzene rings is 1. The predicted octanol–water partition coefficient (Wildman–Crippen LogP) is 3.93. The maximum Gasteiger partial charge on any atom is 0.229 e. The van der Waals surface area contributed by atoms with Gasteiger partial charge in [-0.25, -0.2) is 4.98 Å². The summed E-state index contributed by atoms with van der Waals surface area (Å²) in [7, 11) is 0. The molecule has 1 N–H and O–H groups in total. The van der Waals surface area contributed by atoms with Crippen LogP contribution in [0, 0.1) is 0 Å². The number of nitrogens with one attached hydrogen (secondary N) is 1. The van der Waals surface area contributed by atoms with Crippen LogP contribution in [0.3, 0.4) is 0 Å². The number of H-pyrrole nitrogens is 1. The molecule has 0 saturated carbocycles. The first-order chi connectivity index (χ1) is 13.0. The first-order valence-corrected chi connectivity index (χ1v) is 10.1. The van der Waals surface area contributed by atoms with Crippen LogP contribution in [-0.4, -0.2) is 51.5 Å². The predicted molar refractivity (Wildman–Crippen MR) is 104 cm³/mol. The number of aromatic nitrogens is 4.